The van der Waals surface area contributed by atoms with E-state index in [0.717, 1.165) is 19.4 Å². The minimum atomic E-state index is -0.746. The van der Waals surface area contributed by atoms with E-state index in [1.54, 1.807) is 4.90 Å². The number of likely N-dealkylation sites (tertiary alicyclic amines) is 1. The zero-order valence-corrected chi connectivity index (χ0v) is 12.9. The van der Waals surface area contributed by atoms with Crippen molar-refractivity contribution in [2.24, 2.45) is 5.92 Å². The lowest BCUT2D eigenvalue weighted by Gasteiger charge is -2.36. The predicted molar refractivity (Wildman–Crippen MR) is 78.0 cm³/mol. The zero-order valence-electron chi connectivity index (χ0n) is 12.9. The molecule has 2 rings (SSSR count). The molecule has 1 unspecified atom stereocenters. The van der Waals surface area contributed by atoms with Gasteiger partial charge in [0, 0.05) is 25.7 Å². The van der Waals surface area contributed by atoms with Crippen molar-refractivity contribution in [2.45, 2.75) is 51.2 Å². The molecule has 0 spiro atoms. The molecule has 2 fully saturated rings. The van der Waals surface area contributed by atoms with E-state index in [0.29, 0.717) is 38.5 Å². The van der Waals surface area contributed by atoms with E-state index >= 15 is 0 Å². The number of rotatable bonds is 4. The molecule has 0 aromatic rings. The number of ether oxygens (including phenoxy) is 1. The Morgan fingerprint density at radius 1 is 1.29 bits per heavy atom. The molecule has 1 atom stereocenters. The zero-order chi connectivity index (χ0) is 15.5. The molecular formula is C15H26N2O4. The summed E-state index contributed by atoms with van der Waals surface area (Å²) in [7, 11) is 0. The summed E-state index contributed by atoms with van der Waals surface area (Å²) in [6.07, 6.45) is 2.95. The highest BCUT2D eigenvalue weighted by atomic mass is 16.5. The molecular weight excluding hydrogens is 272 g/mol. The highest BCUT2D eigenvalue weighted by molar-refractivity contribution is 5.79. The smallest absolute Gasteiger partial charge is 0.306 e. The summed E-state index contributed by atoms with van der Waals surface area (Å²) >= 11 is 0. The van der Waals surface area contributed by atoms with Gasteiger partial charge in [-0.25, -0.2) is 0 Å². The molecule has 0 aliphatic carbocycles. The van der Waals surface area contributed by atoms with Gasteiger partial charge in [-0.15, -0.1) is 0 Å². The fourth-order valence-corrected chi connectivity index (χ4v) is 3.13. The van der Waals surface area contributed by atoms with Gasteiger partial charge in [0.1, 0.15) is 0 Å². The van der Waals surface area contributed by atoms with Crippen molar-refractivity contribution < 1.29 is 19.4 Å². The van der Waals surface area contributed by atoms with Gasteiger partial charge in [-0.05, 0) is 39.5 Å². The summed E-state index contributed by atoms with van der Waals surface area (Å²) in [5.74, 6) is -0.967. The van der Waals surface area contributed by atoms with Gasteiger partial charge in [0.05, 0.1) is 18.1 Å². The van der Waals surface area contributed by atoms with Crippen molar-refractivity contribution in [3.63, 3.8) is 0 Å². The number of nitrogens with one attached hydrogen (secondary N) is 1. The molecule has 6 nitrogen and oxygen atoms in total. The van der Waals surface area contributed by atoms with Crippen LogP contribution in [-0.2, 0) is 14.3 Å². The van der Waals surface area contributed by atoms with Crippen LogP contribution in [0.15, 0.2) is 0 Å². The molecule has 6 heteroatoms. The van der Waals surface area contributed by atoms with Crippen molar-refractivity contribution >= 4 is 11.9 Å². The van der Waals surface area contributed by atoms with Crippen LogP contribution in [0.4, 0.5) is 0 Å². The number of carbonyl (C=O) groups is 2. The van der Waals surface area contributed by atoms with Crippen molar-refractivity contribution in [1.29, 1.82) is 0 Å². The second-order valence-electron chi connectivity index (χ2n) is 6.67. The van der Waals surface area contributed by atoms with Crippen LogP contribution in [0.2, 0.25) is 0 Å². The summed E-state index contributed by atoms with van der Waals surface area (Å²) < 4.78 is 5.66. The summed E-state index contributed by atoms with van der Waals surface area (Å²) in [5, 5.41) is 12.3. The molecule has 2 aliphatic heterocycles. The van der Waals surface area contributed by atoms with Crippen LogP contribution in [-0.4, -0.2) is 59.8 Å². The quantitative estimate of drug-likeness (QED) is 0.804. The Bertz CT molecular complexity index is 389. The van der Waals surface area contributed by atoms with Gasteiger partial charge in [-0.1, -0.05) is 0 Å². The number of carboxylic acid groups (broad SMARTS) is 1. The standard InChI is InChI=1S/C15H26N2O4/c1-15(2)9-12(5-8-21-15)16-10-13(18)17-6-3-11(4-7-17)14(19)20/h11-12,16H,3-10H2,1-2H3,(H,19,20). The number of hydrogen-bond acceptors (Lipinski definition) is 4. The van der Waals surface area contributed by atoms with Gasteiger partial charge in [-0.3, -0.25) is 9.59 Å². The number of carbonyl (C=O) groups excluding carboxylic acids is 1. The summed E-state index contributed by atoms with van der Waals surface area (Å²) in [6, 6.07) is 0.314. The predicted octanol–water partition coefficient (Wildman–Crippen LogP) is 0.857. The van der Waals surface area contributed by atoms with E-state index in [-0.39, 0.29) is 17.4 Å². The molecule has 0 saturated carbocycles. The van der Waals surface area contributed by atoms with E-state index in [1.165, 1.54) is 0 Å². The highest BCUT2D eigenvalue weighted by Crippen LogP contribution is 2.24. The highest BCUT2D eigenvalue weighted by Gasteiger charge is 2.30. The third-order valence-electron chi connectivity index (χ3n) is 4.44. The molecule has 1 amide bonds. The summed E-state index contributed by atoms with van der Waals surface area (Å²) in [6.45, 7) is 6.30. The number of aliphatic carboxylic acids is 1. The Morgan fingerprint density at radius 2 is 1.95 bits per heavy atom. The number of hydrogen-bond donors (Lipinski definition) is 2. The first-order chi connectivity index (χ1) is 9.87. The SMILES string of the molecule is CC1(C)CC(NCC(=O)N2CCC(C(=O)O)CC2)CCO1. The molecule has 0 bridgehead atoms. The normalized spacial score (nSPS) is 26.6. The third kappa shape index (κ3) is 4.68. The number of piperidine rings is 1. The fourth-order valence-electron chi connectivity index (χ4n) is 3.13. The average Bonchev–Trinajstić information content (AvgIpc) is 2.44. The Balaban J connectivity index is 1.72. The van der Waals surface area contributed by atoms with Gasteiger partial charge >= 0.3 is 5.97 Å². The van der Waals surface area contributed by atoms with Crippen LogP contribution < -0.4 is 5.32 Å². The lowest BCUT2D eigenvalue weighted by atomic mass is 9.94. The average molecular weight is 298 g/mol. The van der Waals surface area contributed by atoms with E-state index in [9.17, 15) is 9.59 Å². The Morgan fingerprint density at radius 3 is 2.52 bits per heavy atom. The third-order valence-corrected chi connectivity index (χ3v) is 4.44. The Kier molecular flexibility index (Phi) is 5.22. The van der Waals surface area contributed by atoms with Crippen LogP contribution in [0.25, 0.3) is 0 Å². The van der Waals surface area contributed by atoms with Crippen molar-refractivity contribution in [3.05, 3.63) is 0 Å². The monoisotopic (exact) mass is 298 g/mol. The van der Waals surface area contributed by atoms with Gasteiger partial charge < -0.3 is 20.1 Å². The van der Waals surface area contributed by atoms with Gasteiger partial charge in [0.15, 0.2) is 0 Å². The molecule has 0 aromatic carbocycles. The van der Waals surface area contributed by atoms with Gasteiger partial charge in [-0.2, -0.15) is 0 Å². The Hall–Kier alpha value is -1.14. The number of amides is 1. The minimum Gasteiger partial charge on any atom is -0.481 e. The van der Waals surface area contributed by atoms with Crippen molar-refractivity contribution in [1.82, 2.24) is 10.2 Å². The summed E-state index contributed by atoms with van der Waals surface area (Å²) in [5.41, 5.74) is -0.126. The molecule has 120 valence electrons. The maximum atomic E-state index is 12.2. The maximum Gasteiger partial charge on any atom is 0.306 e. The number of carboxylic acids is 1. The second-order valence-corrected chi connectivity index (χ2v) is 6.67. The van der Waals surface area contributed by atoms with Crippen LogP contribution in [0.3, 0.4) is 0 Å². The Labute approximate surface area is 125 Å². The maximum absolute atomic E-state index is 12.2. The summed E-state index contributed by atoms with van der Waals surface area (Å²) in [4.78, 5) is 24.8. The van der Waals surface area contributed by atoms with Gasteiger partial charge in [0.2, 0.25) is 5.91 Å². The molecule has 2 heterocycles. The van der Waals surface area contributed by atoms with E-state index in [4.69, 9.17) is 9.84 Å². The molecule has 2 N–H and O–H groups in total. The molecule has 2 saturated heterocycles. The van der Waals surface area contributed by atoms with Crippen LogP contribution in [0, 0.1) is 5.92 Å². The van der Waals surface area contributed by atoms with E-state index < -0.39 is 5.97 Å². The van der Waals surface area contributed by atoms with E-state index in [1.807, 2.05) is 0 Å². The molecule has 21 heavy (non-hydrogen) atoms. The lowest BCUT2D eigenvalue weighted by molar-refractivity contribution is -0.145. The number of nitrogens with zero attached hydrogens (tertiary/aromatic N) is 1. The fraction of sp³-hybridized carbons (Fsp3) is 0.867. The topological polar surface area (TPSA) is 78.9 Å². The van der Waals surface area contributed by atoms with Crippen molar-refractivity contribution in [3.8, 4) is 0 Å². The van der Waals surface area contributed by atoms with Crippen LogP contribution in [0.1, 0.15) is 39.5 Å². The van der Waals surface area contributed by atoms with Crippen LogP contribution >= 0.6 is 0 Å². The van der Waals surface area contributed by atoms with Crippen LogP contribution in [0.5, 0.6) is 0 Å². The minimum absolute atomic E-state index is 0.0723. The largest absolute Gasteiger partial charge is 0.481 e. The lowest BCUT2D eigenvalue weighted by Crippen LogP contribution is -2.49. The molecule has 0 aromatic heterocycles. The van der Waals surface area contributed by atoms with Gasteiger partial charge in [0.25, 0.3) is 0 Å². The first-order valence-corrected chi connectivity index (χ1v) is 7.75. The first-order valence-electron chi connectivity index (χ1n) is 7.75. The van der Waals surface area contributed by atoms with E-state index in [2.05, 4.69) is 19.2 Å². The van der Waals surface area contributed by atoms with Crippen molar-refractivity contribution in [2.75, 3.05) is 26.2 Å². The second kappa shape index (κ2) is 6.75. The first kappa shape index (κ1) is 16.2. The molecule has 0 radical (unpaired) electrons. The molecule has 2 aliphatic rings.